The fourth-order valence-electron chi connectivity index (χ4n) is 2.24. The Hall–Kier alpha value is -4.95. The SMILES string of the molecule is c1ncnc(-c2ncnc(-c3ncnc(-c4ncnc(-c5ncncn5)n4)n3)n2)n1. The van der Waals surface area contributed by atoms with Gasteiger partial charge in [-0.2, -0.15) is 0 Å². The maximum atomic E-state index is 4.35. The first kappa shape index (κ1) is 17.2. The summed E-state index contributed by atoms with van der Waals surface area (Å²) in [6.07, 6.45) is 9.31. The minimum atomic E-state index is 0.194. The van der Waals surface area contributed by atoms with E-state index in [1.54, 1.807) is 0 Å². The van der Waals surface area contributed by atoms with E-state index in [1.165, 1.54) is 44.3 Å². The zero-order valence-corrected chi connectivity index (χ0v) is 14.7. The molecule has 0 aromatic carbocycles. The maximum Gasteiger partial charge on any atom is 0.201 e. The summed E-state index contributed by atoms with van der Waals surface area (Å²) < 4.78 is 0. The van der Waals surface area contributed by atoms with Gasteiger partial charge in [-0.25, -0.2) is 74.8 Å². The summed E-state index contributed by atoms with van der Waals surface area (Å²) in [4.78, 5) is 61.1. The van der Waals surface area contributed by atoms with Crippen molar-refractivity contribution in [3.05, 3.63) is 44.3 Å². The molecule has 0 saturated heterocycles. The van der Waals surface area contributed by atoms with E-state index in [0.29, 0.717) is 11.6 Å². The first-order valence-corrected chi connectivity index (χ1v) is 8.19. The van der Waals surface area contributed by atoms with Gasteiger partial charge in [0, 0.05) is 0 Å². The van der Waals surface area contributed by atoms with Crippen LogP contribution >= 0.6 is 0 Å². The van der Waals surface area contributed by atoms with E-state index in [1.807, 2.05) is 0 Å². The number of rotatable bonds is 4. The van der Waals surface area contributed by atoms with E-state index in [0.717, 1.165) is 0 Å². The molecule has 0 atom stereocenters. The van der Waals surface area contributed by atoms with Gasteiger partial charge in [-0.3, -0.25) is 0 Å². The highest BCUT2D eigenvalue weighted by molar-refractivity contribution is 5.53. The van der Waals surface area contributed by atoms with Crippen LogP contribution in [0.1, 0.15) is 0 Å². The van der Waals surface area contributed by atoms with E-state index < -0.39 is 0 Å². The standard InChI is InChI=1S/C15H7N15/c1-16-2-19-8(18-1)10-22-5-24-12(28-10)14-26-7-27-15(30-14)13-25-6-23-11(29-13)9-20-3-17-4-21-9/h1-7H. The number of nitrogens with zero attached hydrogens (tertiary/aromatic N) is 15. The van der Waals surface area contributed by atoms with Crippen LogP contribution in [0, 0.1) is 0 Å². The second-order valence-electron chi connectivity index (χ2n) is 5.32. The molecule has 5 aromatic heterocycles. The second-order valence-corrected chi connectivity index (χ2v) is 5.32. The van der Waals surface area contributed by atoms with Gasteiger partial charge in [0.2, 0.25) is 46.6 Å². The molecule has 0 aliphatic heterocycles. The minimum Gasteiger partial charge on any atom is -0.225 e. The van der Waals surface area contributed by atoms with Crippen LogP contribution in [0.3, 0.4) is 0 Å². The smallest absolute Gasteiger partial charge is 0.201 e. The molecule has 0 spiro atoms. The van der Waals surface area contributed by atoms with Gasteiger partial charge in [0.25, 0.3) is 0 Å². The van der Waals surface area contributed by atoms with E-state index >= 15 is 0 Å². The van der Waals surface area contributed by atoms with E-state index in [9.17, 15) is 0 Å². The van der Waals surface area contributed by atoms with Gasteiger partial charge in [0.1, 0.15) is 44.3 Å². The summed E-state index contributed by atoms with van der Waals surface area (Å²) in [5, 5.41) is 0. The molecule has 142 valence electrons. The minimum absolute atomic E-state index is 0.194. The first-order chi connectivity index (χ1) is 14.9. The average Bonchev–Trinajstić information content (AvgIpc) is 2.85. The van der Waals surface area contributed by atoms with Crippen molar-refractivity contribution in [1.29, 1.82) is 0 Å². The van der Waals surface area contributed by atoms with Gasteiger partial charge in [0.15, 0.2) is 0 Å². The van der Waals surface area contributed by atoms with Crippen LogP contribution < -0.4 is 0 Å². The molecule has 0 bridgehead atoms. The Labute approximate surface area is 166 Å². The Bertz CT molecular complexity index is 1200. The molecule has 0 fully saturated rings. The van der Waals surface area contributed by atoms with Crippen LogP contribution in [0.4, 0.5) is 0 Å². The van der Waals surface area contributed by atoms with Crippen LogP contribution in [-0.4, -0.2) is 74.8 Å². The lowest BCUT2D eigenvalue weighted by atomic mass is 10.4. The van der Waals surface area contributed by atoms with Gasteiger partial charge >= 0.3 is 0 Å². The molecule has 0 amide bonds. The fraction of sp³-hybridized carbons (Fsp3) is 0. The van der Waals surface area contributed by atoms with Gasteiger partial charge in [0.05, 0.1) is 0 Å². The third-order valence-corrected chi connectivity index (χ3v) is 3.50. The monoisotopic (exact) mass is 397 g/mol. The summed E-state index contributed by atoms with van der Waals surface area (Å²) in [5.41, 5.74) is 0. The van der Waals surface area contributed by atoms with Gasteiger partial charge < -0.3 is 0 Å². The predicted octanol–water partition coefficient (Wildman–Crippen LogP) is -0.720. The predicted molar refractivity (Wildman–Crippen MR) is 95.1 cm³/mol. The average molecular weight is 397 g/mol. The summed E-state index contributed by atoms with van der Waals surface area (Å²) in [7, 11) is 0. The van der Waals surface area contributed by atoms with Crippen molar-refractivity contribution < 1.29 is 0 Å². The highest BCUT2D eigenvalue weighted by atomic mass is 15.1. The summed E-state index contributed by atoms with van der Waals surface area (Å²) in [5.74, 6) is 1.89. The van der Waals surface area contributed by atoms with Gasteiger partial charge in [-0.1, -0.05) is 0 Å². The van der Waals surface area contributed by atoms with Crippen molar-refractivity contribution in [3.8, 4) is 46.6 Å². The van der Waals surface area contributed by atoms with E-state index in [2.05, 4.69) is 74.8 Å². The zero-order valence-electron chi connectivity index (χ0n) is 14.7. The Kier molecular flexibility index (Phi) is 4.34. The van der Waals surface area contributed by atoms with E-state index in [-0.39, 0.29) is 34.9 Å². The molecule has 0 N–H and O–H groups in total. The number of hydrogen-bond donors (Lipinski definition) is 0. The lowest BCUT2D eigenvalue weighted by Crippen LogP contribution is -2.04. The normalized spacial score (nSPS) is 10.7. The van der Waals surface area contributed by atoms with Gasteiger partial charge in [-0.05, 0) is 0 Å². The molecular weight excluding hydrogens is 390 g/mol. The molecule has 0 unspecified atom stereocenters. The number of aromatic nitrogens is 15. The number of hydrogen-bond acceptors (Lipinski definition) is 15. The fourth-order valence-corrected chi connectivity index (χ4v) is 2.24. The molecule has 5 aromatic rings. The Balaban J connectivity index is 1.52. The molecular formula is C15H7N15. The van der Waals surface area contributed by atoms with Crippen LogP contribution in [0.15, 0.2) is 44.3 Å². The van der Waals surface area contributed by atoms with Crippen LogP contribution in [0.25, 0.3) is 46.6 Å². The largest absolute Gasteiger partial charge is 0.225 e. The Morgan fingerprint density at radius 2 is 0.500 bits per heavy atom. The second kappa shape index (κ2) is 7.58. The zero-order chi connectivity index (χ0) is 20.2. The van der Waals surface area contributed by atoms with Gasteiger partial charge in [-0.15, -0.1) is 0 Å². The molecule has 0 aliphatic rings. The van der Waals surface area contributed by atoms with E-state index in [4.69, 9.17) is 0 Å². The van der Waals surface area contributed by atoms with Crippen molar-refractivity contribution in [2.24, 2.45) is 0 Å². The van der Waals surface area contributed by atoms with Crippen LogP contribution in [0.2, 0.25) is 0 Å². The molecule has 15 nitrogen and oxygen atoms in total. The van der Waals surface area contributed by atoms with Crippen molar-refractivity contribution in [2.45, 2.75) is 0 Å². The molecule has 5 rings (SSSR count). The van der Waals surface area contributed by atoms with Crippen molar-refractivity contribution >= 4 is 0 Å². The Morgan fingerprint density at radius 3 is 0.800 bits per heavy atom. The van der Waals surface area contributed by atoms with Crippen LogP contribution in [-0.2, 0) is 0 Å². The highest BCUT2D eigenvalue weighted by Gasteiger charge is 2.14. The summed E-state index contributed by atoms with van der Waals surface area (Å²) in [6.45, 7) is 0. The lowest BCUT2D eigenvalue weighted by molar-refractivity contribution is 0.946. The first-order valence-electron chi connectivity index (χ1n) is 8.19. The molecule has 0 radical (unpaired) electrons. The lowest BCUT2D eigenvalue weighted by Gasteiger charge is -2.03. The topological polar surface area (TPSA) is 193 Å². The quantitative estimate of drug-likeness (QED) is 0.368. The maximum absolute atomic E-state index is 4.35. The molecule has 0 aliphatic carbocycles. The summed E-state index contributed by atoms with van der Waals surface area (Å²) >= 11 is 0. The van der Waals surface area contributed by atoms with Crippen molar-refractivity contribution in [3.63, 3.8) is 0 Å². The molecule has 15 heteroatoms. The Morgan fingerprint density at radius 1 is 0.267 bits per heavy atom. The molecule has 30 heavy (non-hydrogen) atoms. The van der Waals surface area contributed by atoms with Crippen molar-refractivity contribution in [1.82, 2.24) is 74.8 Å². The van der Waals surface area contributed by atoms with Crippen LogP contribution in [0.5, 0.6) is 0 Å². The van der Waals surface area contributed by atoms with Crippen molar-refractivity contribution in [2.75, 3.05) is 0 Å². The summed E-state index contributed by atoms with van der Waals surface area (Å²) in [6, 6.07) is 0. The third-order valence-electron chi connectivity index (χ3n) is 3.50. The molecule has 0 saturated carbocycles. The third kappa shape index (κ3) is 3.44. The molecule has 5 heterocycles. The highest BCUT2D eigenvalue weighted by Crippen LogP contribution is 2.16.